The highest BCUT2D eigenvalue weighted by Gasteiger charge is 1.90. The Labute approximate surface area is 69.5 Å². The molecule has 0 bridgehead atoms. The number of carbonyl (C=O) groups excluding carboxylic acids is 1. The average Bonchev–Trinajstić information content (AvgIpc) is 2.03. The molecule has 64 valence electrons. The van der Waals surface area contributed by atoms with Gasteiger partial charge in [0.1, 0.15) is 5.75 Å². The molecule has 0 saturated heterocycles. The Bertz CT molecular complexity index is 268. The number of phenols is 1. The number of aromatic hydroxyl groups is 1. The van der Waals surface area contributed by atoms with E-state index in [4.69, 9.17) is 5.11 Å². The number of rotatable bonds is 3. The van der Waals surface area contributed by atoms with Crippen LogP contribution >= 0.6 is 0 Å². The highest BCUT2D eigenvalue weighted by Crippen LogP contribution is 2.12. The summed E-state index contributed by atoms with van der Waals surface area (Å²) in [6.07, 6.45) is 0. The highest BCUT2D eigenvalue weighted by molar-refractivity contribution is 5.70. The van der Waals surface area contributed by atoms with Gasteiger partial charge in [0.25, 0.3) is 0 Å². The van der Waals surface area contributed by atoms with Crippen LogP contribution in [0.3, 0.4) is 0 Å². The molecule has 1 rings (SSSR count). The summed E-state index contributed by atoms with van der Waals surface area (Å²) in [4.78, 5) is 10.0. The van der Waals surface area contributed by atoms with Gasteiger partial charge in [-0.25, -0.2) is 0 Å². The molecule has 0 aromatic heterocycles. The summed E-state index contributed by atoms with van der Waals surface area (Å²) in [6.45, 7) is -0.231. The maximum absolute atomic E-state index is 10.0. The number of nitrogens with one attached hydrogen (secondary N) is 1. The van der Waals surface area contributed by atoms with E-state index < -0.39 is 5.97 Å². The second-order valence-electron chi connectivity index (χ2n) is 2.27. The van der Waals surface area contributed by atoms with E-state index in [-0.39, 0.29) is 12.3 Å². The van der Waals surface area contributed by atoms with Crippen LogP contribution in [0.2, 0.25) is 0 Å². The van der Waals surface area contributed by atoms with E-state index in [1.807, 2.05) is 0 Å². The van der Waals surface area contributed by atoms with Crippen molar-refractivity contribution in [1.29, 1.82) is 0 Å². The lowest BCUT2D eigenvalue weighted by Crippen LogP contribution is -2.30. The molecule has 0 saturated carbocycles. The number of carboxylic acids is 1. The fraction of sp³-hybridized carbons (Fsp3) is 0.125. The first-order valence-electron chi connectivity index (χ1n) is 3.41. The monoisotopic (exact) mass is 166 g/mol. The molecule has 2 N–H and O–H groups in total. The largest absolute Gasteiger partial charge is 0.548 e. The number of phenolic OH excluding ortho intramolecular Hbond substituents is 1. The van der Waals surface area contributed by atoms with Crippen LogP contribution in [-0.4, -0.2) is 17.6 Å². The molecule has 12 heavy (non-hydrogen) atoms. The lowest BCUT2D eigenvalue weighted by atomic mass is 10.3. The minimum Gasteiger partial charge on any atom is -0.548 e. The van der Waals surface area contributed by atoms with Crippen LogP contribution in [0.25, 0.3) is 0 Å². The van der Waals surface area contributed by atoms with E-state index in [1.54, 1.807) is 12.1 Å². The van der Waals surface area contributed by atoms with Gasteiger partial charge >= 0.3 is 0 Å². The van der Waals surface area contributed by atoms with Gasteiger partial charge in [0.15, 0.2) is 0 Å². The first kappa shape index (κ1) is 8.39. The van der Waals surface area contributed by atoms with Crippen LogP contribution in [0.1, 0.15) is 0 Å². The molecule has 0 fully saturated rings. The van der Waals surface area contributed by atoms with Gasteiger partial charge in [-0.2, -0.15) is 0 Å². The summed E-state index contributed by atoms with van der Waals surface area (Å²) in [5.74, 6) is -1.02. The zero-order valence-corrected chi connectivity index (χ0v) is 6.28. The van der Waals surface area contributed by atoms with Crippen molar-refractivity contribution in [3.05, 3.63) is 24.3 Å². The predicted octanol–water partition coefficient (Wildman–Crippen LogP) is -0.446. The second-order valence-corrected chi connectivity index (χ2v) is 2.27. The van der Waals surface area contributed by atoms with Crippen molar-refractivity contribution in [3.63, 3.8) is 0 Å². The molecule has 0 aliphatic heterocycles. The lowest BCUT2D eigenvalue weighted by Gasteiger charge is -2.05. The van der Waals surface area contributed by atoms with Crippen molar-refractivity contribution in [2.75, 3.05) is 11.9 Å². The molecule has 0 atom stereocenters. The van der Waals surface area contributed by atoms with E-state index in [9.17, 15) is 9.90 Å². The molecule has 0 amide bonds. The van der Waals surface area contributed by atoms with Gasteiger partial charge in [-0.15, -0.1) is 0 Å². The summed E-state index contributed by atoms with van der Waals surface area (Å²) in [5.41, 5.74) is 0.636. The first-order valence-corrected chi connectivity index (χ1v) is 3.41. The summed E-state index contributed by atoms with van der Waals surface area (Å²) < 4.78 is 0. The van der Waals surface area contributed by atoms with Crippen LogP contribution in [0.5, 0.6) is 5.75 Å². The summed E-state index contributed by atoms with van der Waals surface area (Å²) in [7, 11) is 0. The molecule has 0 aliphatic carbocycles. The molecule has 0 heterocycles. The van der Waals surface area contributed by atoms with E-state index in [1.165, 1.54) is 12.1 Å². The Morgan fingerprint density at radius 1 is 1.42 bits per heavy atom. The number of anilines is 1. The third kappa shape index (κ3) is 2.49. The van der Waals surface area contributed by atoms with Gasteiger partial charge in [-0.05, 0) is 24.3 Å². The van der Waals surface area contributed by atoms with Gasteiger partial charge in [0.2, 0.25) is 0 Å². The maximum Gasteiger partial charge on any atom is 0.115 e. The van der Waals surface area contributed by atoms with Crippen LogP contribution in [-0.2, 0) is 4.79 Å². The molecule has 0 radical (unpaired) electrons. The zero-order chi connectivity index (χ0) is 8.97. The van der Waals surface area contributed by atoms with Crippen molar-refractivity contribution in [3.8, 4) is 5.75 Å². The molecule has 0 aliphatic rings. The maximum atomic E-state index is 10.0. The van der Waals surface area contributed by atoms with Crippen molar-refractivity contribution >= 4 is 11.7 Å². The number of carbonyl (C=O) groups is 1. The first-order chi connectivity index (χ1) is 5.68. The third-order valence-electron chi connectivity index (χ3n) is 1.30. The SMILES string of the molecule is O=C([O-])CNc1ccc(O)cc1. The summed E-state index contributed by atoms with van der Waals surface area (Å²) >= 11 is 0. The summed E-state index contributed by atoms with van der Waals surface area (Å²) in [5, 5.41) is 21.5. The minimum absolute atomic E-state index is 0.147. The predicted molar refractivity (Wildman–Crippen MR) is 41.6 cm³/mol. The molecular weight excluding hydrogens is 158 g/mol. The average molecular weight is 166 g/mol. The zero-order valence-electron chi connectivity index (χ0n) is 6.28. The van der Waals surface area contributed by atoms with Crippen LogP contribution in [0.15, 0.2) is 24.3 Å². The van der Waals surface area contributed by atoms with Crippen molar-refractivity contribution < 1.29 is 15.0 Å². The lowest BCUT2D eigenvalue weighted by molar-refractivity contribution is -0.302. The summed E-state index contributed by atoms with van der Waals surface area (Å²) in [6, 6.07) is 6.10. The topological polar surface area (TPSA) is 72.4 Å². The smallest absolute Gasteiger partial charge is 0.115 e. The van der Waals surface area contributed by atoms with Crippen molar-refractivity contribution in [2.45, 2.75) is 0 Å². The van der Waals surface area contributed by atoms with Gasteiger partial charge in [0.05, 0.1) is 12.5 Å². The van der Waals surface area contributed by atoms with Crippen LogP contribution in [0, 0.1) is 0 Å². The highest BCUT2D eigenvalue weighted by atomic mass is 16.4. The normalized spacial score (nSPS) is 9.33. The molecule has 1 aromatic rings. The number of carboxylic acid groups (broad SMARTS) is 1. The second kappa shape index (κ2) is 3.61. The van der Waals surface area contributed by atoms with Crippen molar-refractivity contribution in [1.82, 2.24) is 0 Å². The van der Waals surface area contributed by atoms with Crippen LogP contribution < -0.4 is 10.4 Å². The Balaban J connectivity index is 2.53. The van der Waals surface area contributed by atoms with Gasteiger partial charge in [0, 0.05) is 5.69 Å². The van der Waals surface area contributed by atoms with E-state index in [0.717, 1.165) is 0 Å². The Hall–Kier alpha value is -1.71. The number of hydrogen-bond donors (Lipinski definition) is 2. The van der Waals surface area contributed by atoms with Gasteiger partial charge in [-0.3, -0.25) is 0 Å². The standard InChI is InChI=1S/C8H9NO3/c10-7-3-1-6(2-4-7)9-5-8(11)12/h1-4,9-10H,5H2,(H,11,12)/p-1. The fourth-order valence-corrected chi connectivity index (χ4v) is 0.754. The number of aliphatic carboxylic acids is 1. The molecule has 4 nitrogen and oxygen atoms in total. The fourth-order valence-electron chi connectivity index (χ4n) is 0.754. The quantitative estimate of drug-likeness (QED) is 0.597. The van der Waals surface area contributed by atoms with Gasteiger partial charge < -0.3 is 20.3 Å². The molecule has 4 heteroatoms. The van der Waals surface area contributed by atoms with Gasteiger partial charge in [-0.1, -0.05) is 0 Å². The van der Waals surface area contributed by atoms with Crippen molar-refractivity contribution in [2.24, 2.45) is 0 Å². The Morgan fingerprint density at radius 3 is 2.50 bits per heavy atom. The van der Waals surface area contributed by atoms with E-state index in [2.05, 4.69) is 5.32 Å². The molecule has 0 unspecified atom stereocenters. The van der Waals surface area contributed by atoms with Crippen LogP contribution in [0.4, 0.5) is 5.69 Å². The Kier molecular flexibility index (Phi) is 2.53. The molecule has 0 spiro atoms. The Morgan fingerprint density at radius 2 is 2.00 bits per heavy atom. The molecular formula is C8H8NO3-. The third-order valence-corrected chi connectivity index (χ3v) is 1.30. The minimum atomic E-state index is -1.16. The number of hydrogen-bond acceptors (Lipinski definition) is 4. The van der Waals surface area contributed by atoms with E-state index >= 15 is 0 Å². The van der Waals surface area contributed by atoms with E-state index in [0.29, 0.717) is 5.69 Å². The molecule has 1 aromatic carbocycles. The number of benzene rings is 1.